The van der Waals surface area contributed by atoms with Crippen molar-refractivity contribution in [3.05, 3.63) is 408 Å². The number of ether oxygens (including phenoxy) is 7. The predicted octanol–water partition coefficient (Wildman–Crippen LogP) is 21.7. The molecular weight excluding hydrogens is 1580 g/mol. The molecule has 24 heteroatoms. The van der Waals surface area contributed by atoms with Crippen LogP contribution in [0.1, 0.15) is 61.6 Å². The van der Waals surface area contributed by atoms with Crippen LogP contribution in [0.3, 0.4) is 0 Å². The number of benzene rings is 12. The maximum Gasteiger partial charge on any atom is 0.204 e. The third-order valence-electron chi connectivity index (χ3n) is 20.1. The standard InChI is InChI=1S/2C26H20N4O.C25H21N5O3.C25H20N4O2/c1-2-10-25-22(7-1)14-21(16-27-25)18-31-24-9-4-6-20(15-24)12-11-19-5-3-8-23(13-19)26-17-28-30-29-26;1-2-4-25-21(3-1)13-14-23(29-25)17-31-24-15-9-20(10-16-24)6-5-19-7-11-22(12-8-19)26-27-18-28-30-26;1-31-24-14-19(25-27-29-30-28-25)9-13-23(24)33-15-17-6-11-21(12-7-17)32-16-20-10-8-18-4-2-3-5-22(18)26-20;1-2-7-24-19(5-1)8-9-21(27-24)17-31-23-12-10-22(11-13-23)30-16-18-4-3-6-20(14-18)25-15-26-29-28-25/h1-16H,17-18H2;1-16,18H,17H2,(H,27,28,30);2-14H,15-16H2,1H3,(H,27,28,29,30);1-15H,16-17H2,(H,26,28,29)/b12-11+;6-5+;;. The minimum Gasteiger partial charge on any atom is -0.493 e. The first-order chi connectivity index (χ1) is 62.3. The number of hydrogen-bond acceptors (Lipinski definition) is 21. The SMILES string of the molecule is C(=C\c1ccc(-c2ncn[nH]2)cc1)/c1ccc(OCc2ccc3ccccc3n2)cc1.C(=C\c1cccc(C2=NN=NC2)c1)/c1cccc(OCc2cnc3ccccc3c2)c1.COc1cc(-c2nn[nH]n2)ccc1OCc1ccc(OCc2ccc3ccccc3n2)cc1.c1cc(COc2ccc(OCc3ccc4ccccc4n3)cc2)cc(-c2cn[nH]n2)c1. The maximum absolute atomic E-state index is 6.01. The molecule has 0 fully saturated rings. The average Bonchev–Trinajstić information content (AvgIpc) is 1.36. The largest absolute Gasteiger partial charge is 0.493 e. The predicted molar refractivity (Wildman–Crippen MR) is 489 cm³/mol. The van der Waals surface area contributed by atoms with Crippen LogP contribution in [-0.4, -0.2) is 90.5 Å². The van der Waals surface area contributed by atoms with E-state index >= 15 is 0 Å². The van der Waals surface area contributed by atoms with Crippen LogP contribution in [0.25, 0.3) is 102 Å². The van der Waals surface area contributed by atoms with Gasteiger partial charge in [-0.3, -0.25) is 10.1 Å². The molecule has 1 aliphatic rings. The Balaban J connectivity index is 0.000000119. The fraction of sp³-hybridized carbons (Fsp3) is 0.0784. The van der Waals surface area contributed by atoms with Crippen molar-refractivity contribution in [3.8, 4) is 74.3 Å². The lowest BCUT2D eigenvalue weighted by Gasteiger charge is -2.12. The quantitative estimate of drug-likeness (QED) is 0.0403. The van der Waals surface area contributed by atoms with E-state index in [1.54, 1.807) is 13.3 Å². The summed E-state index contributed by atoms with van der Waals surface area (Å²) in [5.41, 5.74) is 19.7. The number of rotatable bonds is 27. The monoisotopic (exact) mass is 1660 g/mol. The summed E-state index contributed by atoms with van der Waals surface area (Å²) in [7, 11) is 1.60. The minimum absolute atomic E-state index is 0.393. The van der Waals surface area contributed by atoms with E-state index in [9.17, 15) is 0 Å². The van der Waals surface area contributed by atoms with Gasteiger partial charge in [0.15, 0.2) is 17.3 Å². The van der Waals surface area contributed by atoms with Crippen LogP contribution < -0.4 is 33.2 Å². The van der Waals surface area contributed by atoms with Gasteiger partial charge in [-0.05, 0) is 183 Å². The summed E-state index contributed by atoms with van der Waals surface area (Å²) in [4.78, 5) is 22.6. The van der Waals surface area contributed by atoms with Gasteiger partial charge in [-0.25, -0.2) is 19.9 Å². The summed E-state index contributed by atoms with van der Waals surface area (Å²) in [5, 5.41) is 47.5. The van der Waals surface area contributed by atoms with Crippen LogP contribution in [0, 0.1) is 0 Å². The van der Waals surface area contributed by atoms with Crippen molar-refractivity contribution in [2.45, 2.75) is 39.6 Å². The molecule has 12 aromatic carbocycles. The molecule has 0 saturated heterocycles. The lowest BCUT2D eigenvalue weighted by molar-refractivity contribution is 0.283. The third kappa shape index (κ3) is 22.3. The molecule has 126 heavy (non-hydrogen) atoms. The summed E-state index contributed by atoms with van der Waals surface area (Å²) in [5.74, 6) is 6.47. The first-order valence-electron chi connectivity index (χ1n) is 40.5. The van der Waals surface area contributed by atoms with Gasteiger partial charge in [0.2, 0.25) is 5.82 Å². The smallest absolute Gasteiger partial charge is 0.204 e. The van der Waals surface area contributed by atoms with Gasteiger partial charge in [-0.2, -0.15) is 30.8 Å². The first-order valence-corrected chi connectivity index (χ1v) is 40.5. The number of nitrogens with zero attached hydrogens (tertiary/aromatic N) is 14. The number of H-pyrrole nitrogens is 3. The Morgan fingerprint density at radius 3 is 1.46 bits per heavy atom. The lowest BCUT2D eigenvalue weighted by Crippen LogP contribution is -2.01. The fourth-order valence-corrected chi connectivity index (χ4v) is 13.5. The molecule has 0 atom stereocenters. The molecule has 0 bridgehead atoms. The summed E-state index contributed by atoms with van der Waals surface area (Å²) < 4.78 is 41.0. The second-order valence-corrected chi connectivity index (χ2v) is 28.9. The van der Waals surface area contributed by atoms with E-state index in [2.05, 4.69) is 184 Å². The molecule has 0 spiro atoms. The van der Waals surface area contributed by atoms with Crippen LogP contribution in [0.4, 0.5) is 0 Å². The van der Waals surface area contributed by atoms with Gasteiger partial charge < -0.3 is 33.2 Å². The number of aromatic nitrogens is 14. The van der Waals surface area contributed by atoms with Gasteiger partial charge in [0, 0.05) is 55.6 Å². The molecule has 24 nitrogen and oxygen atoms in total. The van der Waals surface area contributed by atoms with Crippen molar-refractivity contribution >= 4 is 73.6 Å². The highest BCUT2D eigenvalue weighted by Crippen LogP contribution is 2.33. The highest BCUT2D eigenvalue weighted by Gasteiger charge is 2.14. The van der Waals surface area contributed by atoms with E-state index < -0.39 is 0 Å². The fourth-order valence-electron chi connectivity index (χ4n) is 13.5. The van der Waals surface area contributed by atoms with Crippen LogP contribution in [0.5, 0.6) is 40.2 Å². The van der Waals surface area contributed by atoms with Crippen LogP contribution in [-0.2, 0) is 39.6 Å². The normalized spacial score (nSPS) is 11.5. The summed E-state index contributed by atoms with van der Waals surface area (Å²) >= 11 is 0. The van der Waals surface area contributed by atoms with Crippen molar-refractivity contribution in [1.82, 2.24) is 71.2 Å². The number of nitrogens with one attached hydrogen (secondary N) is 3. The molecule has 1 aliphatic heterocycles. The molecular formula is C102H81N17O7. The van der Waals surface area contributed by atoms with Gasteiger partial charge >= 0.3 is 0 Å². The number of hydrogen-bond donors (Lipinski definition) is 3. The van der Waals surface area contributed by atoms with Crippen molar-refractivity contribution in [2.24, 2.45) is 15.4 Å². The Labute approximate surface area is 724 Å². The number of tetrazole rings is 1. The molecule has 0 radical (unpaired) electrons. The van der Waals surface area contributed by atoms with E-state index in [1.165, 1.54) is 6.33 Å². The number of aromatic amines is 3. The second-order valence-electron chi connectivity index (χ2n) is 28.9. The van der Waals surface area contributed by atoms with E-state index in [0.717, 1.165) is 168 Å². The van der Waals surface area contributed by atoms with E-state index in [0.29, 0.717) is 63.5 Å². The summed E-state index contributed by atoms with van der Waals surface area (Å²) in [6.07, 6.45) is 13.4. The highest BCUT2D eigenvalue weighted by atomic mass is 16.5. The second kappa shape index (κ2) is 40.8. The van der Waals surface area contributed by atoms with Gasteiger partial charge in [0.25, 0.3) is 0 Å². The van der Waals surface area contributed by atoms with Crippen LogP contribution in [0.15, 0.2) is 362 Å². The Morgan fingerprint density at radius 2 is 0.873 bits per heavy atom. The summed E-state index contributed by atoms with van der Waals surface area (Å²) in [6.45, 7) is 3.14. The Morgan fingerprint density at radius 1 is 0.341 bits per heavy atom. The molecule has 3 N–H and O–H groups in total. The molecule has 20 rings (SSSR count). The van der Waals surface area contributed by atoms with Gasteiger partial charge in [0.1, 0.15) is 87.0 Å². The van der Waals surface area contributed by atoms with Crippen molar-refractivity contribution in [3.63, 3.8) is 0 Å². The topological polar surface area (TPSA) is 291 Å². The number of methoxy groups -OCH3 is 1. The van der Waals surface area contributed by atoms with E-state index in [4.69, 9.17) is 33.2 Å². The minimum atomic E-state index is 0.393. The van der Waals surface area contributed by atoms with Gasteiger partial charge in [-0.15, -0.1) is 15.3 Å². The Bertz CT molecular complexity index is 6940. The number of para-hydroxylation sites is 4. The number of pyridine rings is 4. The molecule has 0 aliphatic carbocycles. The Kier molecular flexibility index (Phi) is 26.4. The molecule has 0 amide bonds. The van der Waals surface area contributed by atoms with Crippen molar-refractivity contribution in [1.29, 1.82) is 0 Å². The molecule has 8 heterocycles. The van der Waals surface area contributed by atoms with Crippen LogP contribution in [0.2, 0.25) is 0 Å². The van der Waals surface area contributed by atoms with E-state index in [1.807, 2.05) is 261 Å². The lowest BCUT2D eigenvalue weighted by atomic mass is 10.1. The number of fused-ring (bicyclic) bond motifs is 4. The third-order valence-corrected chi connectivity index (χ3v) is 20.1. The van der Waals surface area contributed by atoms with Crippen molar-refractivity contribution in [2.75, 3.05) is 13.7 Å². The van der Waals surface area contributed by atoms with Gasteiger partial charge in [0.05, 0.1) is 58.2 Å². The molecule has 0 saturated carbocycles. The molecule has 19 aromatic rings. The first kappa shape index (κ1) is 81.3. The maximum atomic E-state index is 6.01. The highest BCUT2D eigenvalue weighted by molar-refractivity contribution is 6.03. The Hall–Kier alpha value is -17.0. The zero-order valence-electron chi connectivity index (χ0n) is 68.3. The zero-order chi connectivity index (χ0) is 85.1. The average molecular weight is 1660 g/mol. The zero-order valence-corrected chi connectivity index (χ0v) is 68.3. The molecule has 7 aromatic heterocycles. The molecule has 0 unspecified atom stereocenters. The van der Waals surface area contributed by atoms with Gasteiger partial charge in [-0.1, -0.05) is 212 Å². The van der Waals surface area contributed by atoms with Crippen LogP contribution >= 0.6 is 0 Å². The summed E-state index contributed by atoms with van der Waals surface area (Å²) in [6, 6.07) is 108. The van der Waals surface area contributed by atoms with Crippen molar-refractivity contribution < 1.29 is 33.2 Å². The van der Waals surface area contributed by atoms with E-state index in [-0.39, 0.29) is 0 Å². The molecule has 616 valence electrons.